The van der Waals surface area contributed by atoms with Crippen LogP contribution in [0.5, 0.6) is 0 Å². The third-order valence-electron chi connectivity index (χ3n) is 2.70. The highest BCUT2D eigenvalue weighted by Crippen LogP contribution is 2.19. The molecule has 0 saturated heterocycles. The summed E-state index contributed by atoms with van der Waals surface area (Å²) in [5.41, 5.74) is 5.35. The average Bonchev–Trinajstić information content (AvgIpc) is 2.38. The van der Waals surface area contributed by atoms with Crippen LogP contribution in [0.4, 0.5) is 0 Å². The molecule has 0 aromatic heterocycles. The first kappa shape index (κ1) is 12.7. The summed E-state index contributed by atoms with van der Waals surface area (Å²) in [6, 6.07) is 12.9. The number of hydrogen-bond donors (Lipinski definition) is 2. The fourth-order valence-corrected chi connectivity index (χ4v) is 2.87. The maximum Gasteiger partial charge on any atom is 0.320 e. The molecule has 2 aromatic carbocycles. The van der Waals surface area contributed by atoms with Crippen molar-refractivity contribution in [2.75, 3.05) is 6.54 Å². The summed E-state index contributed by atoms with van der Waals surface area (Å²) in [5.74, 6) is -1.14. The molecule has 0 radical (unpaired) electrons. The maximum atomic E-state index is 12.1. The molecule has 0 amide bonds. The minimum atomic E-state index is -1.63. The molecule has 2 rings (SSSR count). The van der Waals surface area contributed by atoms with E-state index in [0.717, 1.165) is 10.8 Å². The van der Waals surface area contributed by atoms with Crippen LogP contribution in [-0.4, -0.2) is 27.1 Å². The first-order valence-electron chi connectivity index (χ1n) is 5.45. The van der Waals surface area contributed by atoms with Crippen molar-refractivity contribution in [1.82, 2.24) is 0 Å². The molecule has 0 aliphatic carbocycles. The summed E-state index contributed by atoms with van der Waals surface area (Å²) in [6.45, 7) is -0.144. The number of benzene rings is 2. The van der Waals surface area contributed by atoms with Crippen LogP contribution in [0.2, 0.25) is 0 Å². The highest BCUT2D eigenvalue weighted by Gasteiger charge is 2.24. The van der Waals surface area contributed by atoms with Crippen LogP contribution in [0.3, 0.4) is 0 Å². The summed E-state index contributed by atoms with van der Waals surface area (Å²) in [4.78, 5) is 11.4. The van der Waals surface area contributed by atoms with Gasteiger partial charge in [0.15, 0.2) is 0 Å². The zero-order chi connectivity index (χ0) is 13.1. The molecule has 0 aliphatic rings. The minimum Gasteiger partial charge on any atom is -0.480 e. The van der Waals surface area contributed by atoms with Crippen molar-refractivity contribution in [3.63, 3.8) is 0 Å². The predicted octanol–water partition coefficient (Wildman–Crippen LogP) is 1.36. The quantitative estimate of drug-likeness (QED) is 0.872. The minimum absolute atomic E-state index is 0.144. The molecule has 2 unspecified atom stereocenters. The molecular formula is C13H13NO3S. The van der Waals surface area contributed by atoms with Gasteiger partial charge in [-0.3, -0.25) is 9.00 Å². The normalized spacial score (nSPS) is 14.3. The molecule has 4 nitrogen and oxygen atoms in total. The van der Waals surface area contributed by atoms with Gasteiger partial charge in [0, 0.05) is 11.4 Å². The summed E-state index contributed by atoms with van der Waals surface area (Å²) in [7, 11) is -1.63. The Morgan fingerprint density at radius 3 is 2.50 bits per heavy atom. The molecule has 2 atom stereocenters. The van der Waals surface area contributed by atoms with Gasteiger partial charge in [0.25, 0.3) is 0 Å². The maximum absolute atomic E-state index is 12.1. The Bertz CT molecular complexity index is 612. The molecule has 3 N–H and O–H groups in total. The lowest BCUT2D eigenvalue weighted by molar-refractivity contribution is -0.136. The summed E-state index contributed by atoms with van der Waals surface area (Å²) in [5, 5.41) is 9.84. The van der Waals surface area contributed by atoms with Gasteiger partial charge in [0.05, 0.1) is 10.8 Å². The van der Waals surface area contributed by atoms with E-state index in [1.807, 2.05) is 30.3 Å². The van der Waals surface area contributed by atoms with E-state index in [-0.39, 0.29) is 6.54 Å². The Kier molecular flexibility index (Phi) is 3.74. The highest BCUT2D eigenvalue weighted by atomic mass is 32.2. The number of carbonyl (C=O) groups is 1. The van der Waals surface area contributed by atoms with Crippen molar-refractivity contribution < 1.29 is 14.1 Å². The zero-order valence-corrected chi connectivity index (χ0v) is 10.4. The molecule has 2 aromatic rings. The Morgan fingerprint density at radius 2 is 1.89 bits per heavy atom. The molecule has 0 spiro atoms. The van der Waals surface area contributed by atoms with Gasteiger partial charge < -0.3 is 10.8 Å². The van der Waals surface area contributed by atoms with Crippen LogP contribution < -0.4 is 5.73 Å². The van der Waals surface area contributed by atoms with Gasteiger partial charge in [0.1, 0.15) is 5.25 Å². The van der Waals surface area contributed by atoms with Gasteiger partial charge in [-0.1, -0.05) is 30.3 Å². The molecule has 0 saturated carbocycles. The third-order valence-corrected chi connectivity index (χ3v) is 4.33. The standard InChI is InChI=1S/C13H13NO3S/c14-8-12(13(15)16)18(17)11-6-5-9-3-1-2-4-10(9)7-11/h1-7,12H,8,14H2,(H,15,16). The van der Waals surface area contributed by atoms with E-state index in [9.17, 15) is 9.00 Å². The van der Waals surface area contributed by atoms with E-state index in [1.165, 1.54) is 0 Å². The van der Waals surface area contributed by atoms with Crippen LogP contribution >= 0.6 is 0 Å². The number of hydrogen-bond acceptors (Lipinski definition) is 3. The van der Waals surface area contributed by atoms with Crippen molar-refractivity contribution in [2.24, 2.45) is 5.73 Å². The Hall–Kier alpha value is -1.72. The number of fused-ring (bicyclic) bond motifs is 1. The fourth-order valence-electron chi connectivity index (χ4n) is 1.74. The molecule has 0 heterocycles. The van der Waals surface area contributed by atoms with Gasteiger partial charge in [-0.2, -0.15) is 0 Å². The average molecular weight is 263 g/mol. The summed E-state index contributed by atoms with van der Waals surface area (Å²) in [6.07, 6.45) is 0. The van der Waals surface area contributed by atoms with Crippen molar-refractivity contribution in [3.8, 4) is 0 Å². The van der Waals surface area contributed by atoms with Crippen molar-refractivity contribution in [2.45, 2.75) is 10.1 Å². The van der Waals surface area contributed by atoms with E-state index < -0.39 is 22.0 Å². The van der Waals surface area contributed by atoms with Crippen molar-refractivity contribution >= 4 is 27.5 Å². The molecule has 0 aliphatic heterocycles. The third kappa shape index (κ3) is 2.42. The number of nitrogens with two attached hydrogens (primary N) is 1. The number of carboxylic acid groups (broad SMARTS) is 1. The Labute approximate surface area is 107 Å². The van der Waals surface area contributed by atoms with Crippen LogP contribution in [-0.2, 0) is 15.6 Å². The number of carboxylic acids is 1. The lowest BCUT2D eigenvalue weighted by atomic mass is 10.1. The summed E-state index contributed by atoms with van der Waals surface area (Å²) >= 11 is 0. The molecule has 5 heteroatoms. The van der Waals surface area contributed by atoms with Gasteiger partial charge in [0.2, 0.25) is 0 Å². The van der Waals surface area contributed by atoms with Gasteiger partial charge in [-0.05, 0) is 22.9 Å². The SMILES string of the molecule is NCC(C(=O)O)S(=O)c1ccc2ccccc2c1. The smallest absolute Gasteiger partial charge is 0.320 e. The second-order valence-corrected chi connectivity index (χ2v) is 5.50. The van der Waals surface area contributed by atoms with E-state index >= 15 is 0 Å². The Morgan fingerprint density at radius 1 is 1.22 bits per heavy atom. The van der Waals surface area contributed by atoms with E-state index in [0.29, 0.717) is 4.90 Å². The monoisotopic (exact) mass is 263 g/mol. The van der Waals surface area contributed by atoms with Crippen molar-refractivity contribution in [3.05, 3.63) is 42.5 Å². The molecule has 0 fully saturated rings. The largest absolute Gasteiger partial charge is 0.480 e. The van der Waals surface area contributed by atoms with Crippen LogP contribution in [0.25, 0.3) is 10.8 Å². The van der Waals surface area contributed by atoms with Crippen LogP contribution in [0.15, 0.2) is 47.4 Å². The van der Waals surface area contributed by atoms with Gasteiger partial charge in [-0.15, -0.1) is 0 Å². The molecule has 94 valence electrons. The summed E-state index contributed by atoms with van der Waals surface area (Å²) < 4.78 is 12.1. The first-order valence-corrected chi connectivity index (χ1v) is 6.67. The van der Waals surface area contributed by atoms with Crippen LogP contribution in [0, 0.1) is 0 Å². The topological polar surface area (TPSA) is 80.4 Å². The zero-order valence-electron chi connectivity index (χ0n) is 9.58. The second-order valence-electron chi connectivity index (χ2n) is 3.87. The fraction of sp³-hybridized carbons (Fsp3) is 0.154. The van der Waals surface area contributed by atoms with Crippen molar-refractivity contribution in [1.29, 1.82) is 0 Å². The van der Waals surface area contributed by atoms with Gasteiger partial charge in [-0.25, -0.2) is 0 Å². The molecule has 18 heavy (non-hydrogen) atoms. The van der Waals surface area contributed by atoms with E-state index in [1.54, 1.807) is 12.1 Å². The second kappa shape index (κ2) is 5.29. The molecular weight excluding hydrogens is 250 g/mol. The van der Waals surface area contributed by atoms with E-state index in [2.05, 4.69) is 0 Å². The van der Waals surface area contributed by atoms with E-state index in [4.69, 9.17) is 10.8 Å². The first-order chi connectivity index (χ1) is 8.63. The van der Waals surface area contributed by atoms with Crippen LogP contribution in [0.1, 0.15) is 0 Å². The number of aliphatic carboxylic acids is 1. The number of rotatable bonds is 4. The highest BCUT2D eigenvalue weighted by molar-refractivity contribution is 7.86. The predicted molar refractivity (Wildman–Crippen MR) is 70.8 cm³/mol. The lowest BCUT2D eigenvalue weighted by Crippen LogP contribution is -2.33. The molecule has 0 bridgehead atoms. The van der Waals surface area contributed by atoms with Gasteiger partial charge >= 0.3 is 5.97 Å². The lowest BCUT2D eigenvalue weighted by Gasteiger charge is -2.10. The Balaban J connectivity index is 2.42.